The number of halogens is 1. The Hall–Kier alpha value is -0.570. The standard InChI is InChI=1S/C10H17ClN2O/c1-3-5-7-9-12-10(13-14-9)8(11)6-4-2/h8H,3-7H2,1-2H3. The van der Waals surface area contributed by atoms with Gasteiger partial charge in [-0.05, 0) is 12.8 Å². The maximum atomic E-state index is 6.07. The van der Waals surface area contributed by atoms with Crippen LogP contribution in [0.1, 0.15) is 56.6 Å². The van der Waals surface area contributed by atoms with E-state index in [4.69, 9.17) is 16.1 Å². The van der Waals surface area contributed by atoms with Gasteiger partial charge in [0.05, 0.1) is 5.38 Å². The average Bonchev–Trinajstić information content (AvgIpc) is 2.63. The van der Waals surface area contributed by atoms with Crippen molar-refractivity contribution in [2.45, 2.75) is 51.3 Å². The fourth-order valence-electron chi connectivity index (χ4n) is 1.21. The van der Waals surface area contributed by atoms with Crippen molar-refractivity contribution in [3.63, 3.8) is 0 Å². The van der Waals surface area contributed by atoms with Gasteiger partial charge >= 0.3 is 0 Å². The molecule has 0 aliphatic heterocycles. The van der Waals surface area contributed by atoms with E-state index in [1.807, 2.05) is 0 Å². The fraction of sp³-hybridized carbons (Fsp3) is 0.800. The molecule has 1 atom stereocenters. The summed E-state index contributed by atoms with van der Waals surface area (Å²) >= 11 is 6.07. The van der Waals surface area contributed by atoms with Gasteiger partial charge in [-0.3, -0.25) is 0 Å². The first-order valence-electron chi connectivity index (χ1n) is 5.24. The molecule has 14 heavy (non-hydrogen) atoms. The van der Waals surface area contributed by atoms with Gasteiger partial charge in [0.25, 0.3) is 0 Å². The first kappa shape index (κ1) is 11.5. The van der Waals surface area contributed by atoms with Crippen LogP contribution in [0.25, 0.3) is 0 Å². The van der Waals surface area contributed by atoms with Crippen LogP contribution in [0.5, 0.6) is 0 Å². The molecular weight excluding hydrogens is 200 g/mol. The summed E-state index contributed by atoms with van der Waals surface area (Å²) in [6.07, 6.45) is 5.01. The number of nitrogens with zero attached hydrogens (tertiary/aromatic N) is 2. The molecule has 0 aromatic carbocycles. The van der Waals surface area contributed by atoms with Crippen LogP contribution in [0.3, 0.4) is 0 Å². The van der Waals surface area contributed by atoms with Crippen LogP contribution in [0.4, 0.5) is 0 Å². The second kappa shape index (κ2) is 6.02. The van der Waals surface area contributed by atoms with Gasteiger partial charge in [0, 0.05) is 6.42 Å². The van der Waals surface area contributed by atoms with Gasteiger partial charge in [0.2, 0.25) is 5.89 Å². The minimum Gasteiger partial charge on any atom is -0.339 e. The number of unbranched alkanes of at least 4 members (excludes halogenated alkanes) is 1. The third-order valence-electron chi connectivity index (χ3n) is 2.05. The van der Waals surface area contributed by atoms with Gasteiger partial charge < -0.3 is 4.52 Å². The van der Waals surface area contributed by atoms with Crippen molar-refractivity contribution >= 4 is 11.6 Å². The SMILES string of the molecule is CCCCc1nc(C(Cl)CCC)no1. The molecular formula is C10H17ClN2O. The summed E-state index contributed by atoms with van der Waals surface area (Å²) in [5.41, 5.74) is 0. The molecule has 0 bridgehead atoms. The first-order valence-corrected chi connectivity index (χ1v) is 5.68. The molecule has 80 valence electrons. The van der Waals surface area contributed by atoms with Gasteiger partial charge in [0.1, 0.15) is 0 Å². The topological polar surface area (TPSA) is 38.9 Å². The third-order valence-corrected chi connectivity index (χ3v) is 2.46. The largest absolute Gasteiger partial charge is 0.339 e. The molecule has 1 unspecified atom stereocenters. The summed E-state index contributed by atoms with van der Waals surface area (Å²) in [6, 6.07) is 0. The Bertz CT molecular complexity index is 262. The lowest BCUT2D eigenvalue weighted by atomic mass is 10.2. The predicted molar refractivity (Wildman–Crippen MR) is 56.4 cm³/mol. The van der Waals surface area contributed by atoms with Crippen LogP contribution < -0.4 is 0 Å². The second-order valence-electron chi connectivity index (χ2n) is 3.41. The van der Waals surface area contributed by atoms with Gasteiger partial charge in [0.15, 0.2) is 5.82 Å². The summed E-state index contributed by atoms with van der Waals surface area (Å²) < 4.78 is 5.09. The molecule has 0 fully saturated rings. The molecule has 1 rings (SSSR count). The van der Waals surface area contributed by atoms with Crippen molar-refractivity contribution in [1.82, 2.24) is 10.1 Å². The number of rotatable bonds is 6. The molecule has 0 aliphatic rings. The Labute approximate surface area is 89.8 Å². The van der Waals surface area contributed by atoms with E-state index in [0.717, 1.165) is 32.1 Å². The van der Waals surface area contributed by atoms with Crippen LogP contribution in [-0.4, -0.2) is 10.1 Å². The Kier molecular flexibility index (Phi) is 4.94. The minimum atomic E-state index is -0.0980. The second-order valence-corrected chi connectivity index (χ2v) is 3.93. The lowest BCUT2D eigenvalue weighted by Gasteiger charge is -1.99. The zero-order valence-electron chi connectivity index (χ0n) is 8.79. The van der Waals surface area contributed by atoms with Crippen LogP contribution in [0.2, 0.25) is 0 Å². The molecule has 1 aromatic rings. The lowest BCUT2D eigenvalue weighted by molar-refractivity contribution is 0.369. The highest BCUT2D eigenvalue weighted by molar-refractivity contribution is 6.20. The van der Waals surface area contributed by atoms with E-state index in [0.29, 0.717) is 11.7 Å². The molecule has 0 amide bonds. The number of hydrogen-bond donors (Lipinski definition) is 0. The van der Waals surface area contributed by atoms with Crippen molar-refractivity contribution in [2.75, 3.05) is 0 Å². The Morgan fingerprint density at radius 1 is 1.36 bits per heavy atom. The van der Waals surface area contributed by atoms with Crippen LogP contribution in [-0.2, 0) is 6.42 Å². The van der Waals surface area contributed by atoms with E-state index in [2.05, 4.69) is 24.0 Å². The number of aryl methyl sites for hydroxylation is 1. The molecule has 0 saturated carbocycles. The van der Waals surface area contributed by atoms with E-state index in [-0.39, 0.29) is 5.38 Å². The van der Waals surface area contributed by atoms with Crippen molar-refractivity contribution in [2.24, 2.45) is 0 Å². The number of aromatic nitrogens is 2. The van der Waals surface area contributed by atoms with Gasteiger partial charge in [-0.25, -0.2) is 0 Å². The highest BCUT2D eigenvalue weighted by Gasteiger charge is 2.14. The summed E-state index contributed by atoms with van der Waals surface area (Å²) in [5, 5.41) is 3.77. The van der Waals surface area contributed by atoms with Crippen molar-refractivity contribution in [1.29, 1.82) is 0 Å². The first-order chi connectivity index (χ1) is 6.77. The van der Waals surface area contributed by atoms with Crippen LogP contribution in [0, 0.1) is 0 Å². The highest BCUT2D eigenvalue weighted by atomic mass is 35.5. The molecule has 1 heterocycles. The van der Waals surface area contributed by atoms with Gasteiger partial charge in [-0.2, -0.15) is 4.98 Å². The molecule has 0 aliphatic carbocycles. The Morgan fingerprint density at radius 2 is 2.14 bits per heavy atom. The predicted octanol–water partition coefficient (Wildman–Crippen LogP) is 3.49. The molecule has 0 spiro atoms. The number of hydrogen-bond acceptors (Lipinski definition) is 3. The van der Waals surface area contributed by atoms with Crippen LogP contribution >= 0.6 is 11.6 Å². The van der Waals surface area contributed by atoms with Gasteiger partial charge in [-0.1, -0.05) is 31.8 Å². The molecule has 4 heteroatoms. The molecule has 3 nitrogen and oxygen atoms in total. The zero-order chi connectivity index (χ0) is 10.4. The summed E-state index contributed by atoms with van der Waals surface area (Å²) in [4.78, 5) is 4.26. The molecule has 0 saturated heterocycles. The Morgan fingerprint density at radius 3 is 2.79 bits per heavy atom. The smallest absolute Gasteiger partial charge is 0.226 e. The Balaban J connectivity index is 2.49. The van der Waals surface area contributed by atoms with Gasteiger partial charge in [-0.15, -0.1) is 11.6 Å². The van der Waals surface area contributed by atoms with E-state index < -0.39 is 0 Å². The van der Waals surface area contributed by atoms with Crippen molar-refractivity contribution in [3.8, 4) is 0 Å². The van der Waals surface area contributed by atoms with Crippen molar-refractivity contribution in [3.05, 3.63) is 11.7 Å². The van der Waals surface area contributed by atoms with E-state index in [9.17, 15) is 0 Å². The molecule has 0 N–H and O–H groups in total. The summed E-state index contributed by atoms with van der Waals surface area (Å²) in [6.45, 7) is 4.23. The average molecular weight is 217 g/mol. The maximum Gasteiger partial charge on any atom is 0.226 e. The monoisotopic (exact) mass is 216 g/mol. The quantitative estimate of drug-likeness (QED) is 0.684. The fourth-order valence-corrected chi connectivity index (χ4v) is 1.51. The summed E-state index contributed by atoms with van der Waals surface area (Å²) in [7, 11) is 0. The number of alkyl halides is 1. The molecule has 1 aromatic heterocycles. The lowest BCUT2D eigenvalue weighted by Crippen LogP contribution is -1.93. The van der Waals surface area contributed by atoms with Crippen molar-refractivity contribution < 1.29 is 4.52 Å². The highest BCUT2D eigenvalue weighted by Crippen LogP contribution is 2.22. The maximum absolute atomic E-state index is 6.07. The molecule has 0 radical (unpaired) electrons. The zero-order valence-corrected chi connectivity index (χ0v) is 9.55. The third kappa shape index (κ3) is 3.29. The normalized spacial score (nSPS) is 13.1. The van der Waals surface area contributed by atoms with E-state index >= 15 is 0 Å². The van der Waals surface area contributed by atoms with E-state index in [1.54, 1.807) is 0 Å². The van der Waals surface area contributed by atoms with E-state index in [1.165, 1.54) is 0 Å². The summed E-state index contributed by atoms with van der Waals surface area (Å²) in [5.74, 6) is 1.35. The minimum absolute atomic E-state index is 0.0980. The van der Waals surface area contributed by atoms with Crippen LogP contribution in [0.15, 0.2) is 4.52 Å².